The van der Waals surface area contributed by atoms with E-state index in [4.69, 9.17) is 0 Å². The van der Waals surface area contributed by atoms with Gasteiger partial charge in [-0.25, -0.2) is 0 Å². The summed E-state index contributed by atoms with van der Waals surface area (Å²) in [7, 11) is 1.95. The SMILES string of the molecule is CC(C)CN(CC(=O)N(Cc1cccn1C)C1CC1)C(=O)c1cccc([N+](=O)[O-])c1. The van der Waals surface area contributed by atoms with Gasteiger partial charge in [0.1, 0.15) is 6.54 Å². The minimum absolute atomic E-state index is 0.0410. The molecule has 160 valence electrons. The van der Waals surface area contributed by atoms with E-state index in [9.17, 15) is 19.7 Å². The predicted molar refractivity (Wildman–Crippen MR) is 113 cm³/mol. The Morgan fingerprint density at radius 2 is 1.97 bits per heavy atom. The molecular formula is C22H28N4O4. The number of aromatic nitrogens is 1. The van der Waals surface area contributed by atoms with Gasteiger partial charge in [-0.15, -0.1) is 0 Å². The quantitative estimate of drug-likeness (QED) is 0.467. The van der Waals surface area contributed by atoms with Gasteiger partial charge in [0.2, 0.25) is 5.91 Å². The molecule has 30 heavy (non-hydrogen) atoms. The van der Waals surface area contributed by atoms with Gasteiger partial charge in [-0.2, -0.15) is 0 Å². The summed E-state index contributed by atoms with van der Waals surface area (Å²) in [5.74, 6) is -0.309. The molecule has 0 radical (unpaired) electrons. The number of rotatable bonds is 9. The van der Waals surface area contributed by atoms with Crippen LogP contribution in [-0.4, -0.2) is 50.2 Å². The number of hydrogen-bond donors (Lipinski definition) is 0. The lowest BCUT2D eigenvalue weighted by Gasteiger charge is -2.29. The van der Waals surface area contributed by atoms with Crippen molar-refractivity contribution in [2.24, 2.45) is 13.0 Å². The monoisotopic (exact) mass is 412 g/mol. The third kappa shape index (κ3) is 5.25. The van der Waals surface area contributed by atoms with Crippen LogP contribution in [0.1, 0.15) is 42.7 Å². The number of nitrogens with zero attached hydrogens (tertiary/aromatic N) is 4. The number of aryl methyl sites for hydroxylation is 1. The van der Waals surface area contributed by atoms with Crippen LogP contribution in [0.3, 0.4) is 0 Å². The van der Waals surface area contributed by atoms with Crippen LogP contribution in [-0.2, 0) is 18.4 Å². The van der Waals surface area contributed by atoms with E-state index < -0.39 is 4.92 Å². The molecule has 1 saturated carbocycles. The molecule has 1 aliphatic carbocycles. The smallest absolute Gasteiger partial charge is 0.270 e. The molecule has 1 heterocycles. The van der Waals surface area contributed by atoms with E-state index in [1.165, 1.54) is 23.1 Å². The van der Waals surface area contributed by atoms with E-state index in [1.807, 2.05) is 48.7 Å². The first-order valence-electron chi connectivity index (χ1n) is 10.2. The first-order chi connectivity index (χ1) is 14.3. The molecule has 0 saturated heterocycles. The van der Waals surface area contributed by atoms with Crippen LogP contribution < -0.4 is 0 Å². The minimum Gasteiger partial charge on any atom is -0.353 e. The lowest BCUT2D eigenvalue weighted by Crippen LogP contribution is -2.45. The number of benzene rings is 1. The molecule has 8 nitrogen and oxygen atoms in total. The molecule has 2 aromatic rings. The molecule has 1 fully saturated rings. The van der Waals surface area contributed by atoms with Crippen molar-refractivity contribution in [2.75, 3.05) is 13.1 Å². The van der Waals surface area contributed by atoms with Crippen LogP contribution in [0.5, 0.6) is 0 Å². The molecular weight excluding hydrogens is 384 g/mol. The molecule has 0 atom stereocenters. The fourth-order valence-corrected chi connectivity index (χ4v) is 3.49. The Hall–Kier alpha value is -3.16. The maximum atomic E-state index is 13.2. The Balaban J connectivity index is 1.78. The highest BCUT2D eigenvalue weighted by Crippen LogP contribution is 2.29. The Morgan fingerprint density at radius 3 is 2.53 bits per heavy atom. The lowest BCUT2D eigenvalue weighted by molar-refractivity contribution is -0.384. The largest absolute Gasteiger partial charge is 0.353 e. The average Bonchev–Trinajstić information content (AvgIpc) is 3.46. The number of carbonyl (C=O) groups is 2. The zero-order valence-corrected chi connectivity index (χ0v) is 17.7. The van der Waals surface area contributed by atoms with Crippen molar-refractivity contribution in [3.8, 4) is 0 Å². The van der Waals surface area contributed by atoms with Crippen LogP contribution in [0, 0.1) is 16.0 Å². The van der Waals surface area contributed by atoms with E-state index in [0.29, 0.717) is 13.1 Å². The fourth-order valence-electron chi connectivity index (χ4n) is 3.49. The molecule has 1 aromatic heterocycles. The summed E-state index contributed by atoms with van der Waals surface area (Å²) < 4.78 is 1.99. The Labute approximate surface area is 176 Å². The van der Waals surface area contributed by atoms with Crippen molar-refractivity contribution in [3.05, 3.63) is 64.0 Å². The van der Waals surface area contributed by atoms with Gasteiger partial charge in [0, 0.05) is 49.2 Å². The van der Waals surface area contributed by atoms with Crippen molar-refractivity contribution in [1.29, 1.82) is 0 Å². The van der Waals surface area contributed by atoms with E-state index >= 15 is 0 Å². The van der Waals surface area contributed by atoms with Gasteiger partial charge in [0.25, 0.3) is 11.6 Å². The molecule has 8 heteroatoms. The van der Waals surface area contributed by atoms with Crippen LogP contribution in [0.25, 0.3) is 0 Å². The Bertz CT molecular complexity index is 933. The molecule has 0 unspecified atom stereocenters. The number of nitro groups is 1. The third-order valence-electron chi connectivity index (χ3n) is 5.19. The van der Waals surface area contributed by atoms with Gasteiger partial charge < -0.3 is 14.4 Å². The minimum atomic E-state index is -0.524. The number of hydrogen-bond acceptors (Lipinski definition) is 4. The highest BCUT2D eigenvalue weighted by molar-refractivity contribution is 5.97. The van der Waals surface area contributed by atoms with Crippen LogP contribution in [0.4, 0.5) is 5.69 Å². The third-order valence-corrected chi connectivity index (χ3v) is 5.19. The molecule has 0 spiro atoms. The normalized spacial score (nSPS) is 13.3. The molecule has 1 aromatic carbocycles. The average molecular weight is 412 g/mol. The van der Waals surface area contributed by atoms with Gasteiger partial charge in [-0.05, 0) is 37.0 Å². The Kier molecular flexibility index (Phi) is 6.54. The summed E-state index contributed by atoms with van der Waals surface area (Å²) in [6.45, 7) is 4.81. The number of nitro benzene ring substituents is 1. The number of non-ortho nitro benzene ring substituents is 1. The number of carbonyl (C=O) groups excluding carboxylic acids is 2. The first kappa shape index (κ1) is 21.5. The molecule has 1 aliphatic rings. The zero-order valence-electron chi connectivity index (χ0n) is 17.7. The lowest BCUT2D eigenvalue weighted by atomic mass is 10.1. The predicted octanol–water partition coefficient (Wildman–Crippen LogP) is 3.22. The molecule has 0 aliphatic heterocycles. The first-order valence-corrected chi connectivity index (χ1v) is 10.2. The maximum absolute atomic E-state index is 13.2. The zero-order chi connectivity index (χ0) is 21.8. The maximum Gasteiger partial charge on any atom is 0.270 e. The number of amides is 2. The summed E-state index contributed by atoms with van der Waals surface area (Å²) in [5, 5.41) is 11.1. The highest BCUT2D eigenvalue weighted by Gasteiger charge is 2.34. The Morgan fingerprint density at radius 1 is 1.23 bits per heavy atom. The van der Waals surface area contributed by atoms with Crippen LogP contribution in [0.2, 0.25) is 0 Å². The van der Waals surface area contributed by atoms with Crippen molar-refractivity contribution >= 4 is 17.5 Å². The van der Waals surface area contributed by atoms with Crippen molar-refractivity contribution in [3.63, 3.8) is 0 Å². The second-order valence-corrected chi connectivity index (χ2v) is 8.25. The summed E-state index contributed by atoms with van der Waals surface area (Å²) in [4.78, 5) is 40.2. The van der Waals surface area contributed by atoms with Gasteiger partial charge >= 0.3 is 0 Å². The highest BCUT2D eigenvalue weighted by atomic mass is 16.6. The van der Waals surface area contributed by atoms with Crippen LogP contribution in [0.15, 0.2) is 42.6 Å². The summed E-state index contributed by atoms with van der Waals surface area (Å²) >= 11 is 0. The molecule has 0 bridgehead atoms. The van der Waals surface area contributed by atoms with Crippen molar-refractivity contribution < 1.29 is 14.5 Å². The standard InChI is InChI=1S/C22H28N4O4/c1-16(2)13-24(22(28)17-6-4-7-19(12-17)26(29)30)15-21(27)25(18-9-10-18)14-20-8-5-11-23(20)3/h4-8,11-12,16,18H,9-10,13-15H2,1-3H3. The van der Waals surface area contributed by atoms with E-state index in [2.05, 4.69) is 0 Å². The molecule has 3 rings (SSSR count). The molecule has 0 N–H and O–H groups in total. The summed E-state index contributed by atoms with van der Waals surface area (Å²) in [6, 6.07) is 9.81. The van der Waals surface area contributed by atoms with Crippen molar-refractivity contribution in [2.45, 2.75) is 39.3 Å². The second kappa shape index (κ2) is 9.11. The van der Waals surface area contributed by atoms with Gasteiger partial charge in [0.05, 0.1) is 11.5 Å². The van der Waals surface area contributed by atoms with Crippen molar-refractivity contribution in [1.82, 2.24) is 14.4 Å². The van der Waals surface area contributed by atoms with Gasteiger partial charge in [0.15, 0.2) is 0 Å². The summed E-state index contributed by atoms with van der Waals surface area (Å²) in [5.41, 5.74) is 1.12. The van der Waals surface area contributed by atoms with E-state index in [0.717, 1.165) is 18.5 Å². The van der Waals surface area contributed by atoms with Gasteiger partial charge in [-0.3, -0.25) is 19.7 Å². The van der Waals surface area contributed by atoms with Crippen LogP contribution >= 0.6 is 0 Å². The van der Waals surface area contributed by atoms with Gasteiger partial charge in [-0.1, -0.05) is 19.9 Å². The summed E-state index contributed by atoms with van der Waals surface area (Å²) in [6.07, 6.45) is 3.89. The molecule has 2 amide bonds. The van der Waals surface area contributed by atoms with E-state index in [-0.39, 0.29) is 41.6 Å². The van der Waals surface area contributed by atoms with E-state index in [1.54, 1.807) is 6.07 Å². The topological polar surface area (TPSA) is 88.7 Å². The second-order valence-electron chi connectivity index (χ2n) is 8.25. The fraction of sp³-hybridized carbons (Fsp3) is 0.455.